The number of methoxy groups -OCH3 is 1. The molecule has 32 heavy (non-hydrogen) atoms. The minimum absolute atomic E-state index is 0.0698. The van der Waals surface area contributed by atoms with Gasteiger partial charge in [-0.05, 0) is 88.3 Å². The first-order valence-electron chi connectivity index (χ1n) is 9.36. The summed E-state index contributed by atoms with van der Waals surface area (Å²) in [7, 11) is 1.48. The fraction of sp³-hybridized carbons (Fsp3) is 0.0833. The zero-order valence-electron chi connectivity index (χ0n) is 16.9. The molecule has 162 valence electrons. The number of hydrogen-bond donors (Lipinski definition) is 2. The fourth-order valence-electron chi connectivity index (χ4n) is 2.80. The lowest BCUT2D eigenvalue weighted by Gasteiger charge is -2.14. The third-order valence-electron chi connectivity index (χ3n) is 4.33. The van der Waals surface area contributed by atoms with Gasteiger partial charge in [0.2, 0.25) is 0 Å². The fourth-order valence-corrected chi connectivity index (χ4v) is 3.58. The number of rotatable bonds is 7. The lowest BCUT2D eigenvalue weighted by Crippen LogP contribution is -2.13. The van der Waals surface area contributed by atoms with Crippen LogP contribution in [0, 0.1) is 20.7 Å². The molecule has 0 unspecified atom stereocenters. The molecule has 2 N–H and O–H groups in total. The van der Waals surface area contributed by atoms with Crippen LogP contribution in [-0.4, -0.2) is 18.1 Å². The zero-order valence-corrected chi connectivity index (χ0v) is 19.1. The molecule has 0 spiro atoms. The van der Waals surface area contributed by atoms with Crippen molar-refractivity contribution in [1.82, 2.24) is 0 Å². The average Bonchev–Trinajstić information content (AvgIpc) is 2.77. The topological polar surface area (TPSA) is 91.6 Å². The number of aromatic hydroxyl groups is 1. The lowest BCUT2D eigenvalue weighted by molar-refractivity contribution is -0.112. The van der Waals surface area contributed by atoms with Gasteiger partial charge in [0.15, 0.2) is 11.5 Å². The van der Waals surface area contributed by atoms with Gasteiger partial charge in [-0.25, -0.2) is 4.39 Å². The highest BCUT2D eigenvalue weighted by atomic mass is 127. The lowest BCUT2D eigenvalue weighted by atomic mass is 10.1. The Bertz CT molecular complexity index is 1200. The number of carbonyl (C=O) groups is 1. The molecule has 0 fully saturated rings. The summed E-state index contributed by atoms with van der Waals surface area (Å²) in [5.41, 5.74) is 1.58. The van der Waals surface area contributed by atoms with Gasteiger partial charge in [0, 0.05) is 5.69 Å². The van der Waals surface area contributed by atoms with Crippen molar-refractivity contribution >= 4 is 40.3 Å². The number of nitriles is 1. The van der Waals surface area contributed by atoms with Gasteiger partial charge in [-0.2, -0.15) is 5.26 Å². The number of anilines is 1. The second-order valence-corrected chi connectivity index (χ2v) is 7.79. The second kappa shape index (κ2) is 10.6. The third-order valence-corrected chi connectivity index (χ3v) is 5.13. The number of benzene rings is 3. The van der Waals surface area contributed by atoms with Crippen molar-refractivity contribution in [3.05, 3.63) is 86.8 Å². The predicted octanol–water partition coefficient (Wildman–Crippen LogP) is 5.27. The van der Waals surface area contributed by atoms with E-state index in [1.165, 1.54) is 49.6 Å². The number of phenolic OH excluding ortho intramolecular Hbond substituents is 1. The van der Waals surface area contributed by atoms with Crippen molar-refractivity contribution in [2.45, 2.75) is 6.61 Å². The highest BCUT2D eigenvalue weighted by Gasteiger charge is 2.14. The Morgan fingerprint density at radius 3 is 2.62 bits per heavy atom. The summed E-state index contributed by atoms with van der Waals surface area (Å²) in [6.45, 7) is 0.151. The molecule has 0 aliphatic rings. The quantitative estimate of drug-likeness (QED) is 0.183. The molecule has 0 atom stereocenters. The average molecular weight is 544 g/mol. The van der Waals surface area contributed by atoms with Gasteiger partial charge in [-0.1, -0.05) is 12.1 Å². The van der Waals surface area contributed by atoms with E-state index >= 15 is 0 Å². The normalized spacial score (nSPS) is 10.9. The summed E-state index contributed by atoms with van der Waals surface area (Å²) in [5, 5.41) is 21.4. The monoisotopic (exact) mass is 544 g/mol. The number of ether oxygens (including phenoxy) is 2. The molecule has 0 saturated carbocycles. The van der Waals surface area contributed by atoms with Crippen LogP contribution in [0.25, 0.3) is 6.08 Å². The van der Waals surface area contributed by atoms with Crippen molar-refractivity contribution in [3.8, 4) is 23.3 Å². The molecule has 0 radical (unpaired) electrons. The summed E-state index contributed by atoms with van der Waals surface area (Å²) in [4.78, 5) is 12.5. The summed E-state index contributed by atoms with van der Waals surface area (Å²) >= 11 is 2.07. The summed E-state index contributed by atoms with van der Waals surface area (Å²) in [5.74, 6) is 0.0271. The second-order valence-electron chi connectivity index (χ2n) is 6.62. The van der Waals surface area contributed by atoms with Crippen LogP contribution < -0.4 is 14.8 Å². The maximum atomic E-state index is 13.4. The SMILES string of the molecule is COc1cc(/C=C(\C#N)C(=O)Nc2ccc(O)cc2)cc(I)c1OCc1cccc(F)c1. The molecule has 0 heterocycles. The van der Waals surface area contributed by atoms with Crippen LogP contribution in [0.3, 0.4) is 0 Å². The van der Waals surface area contributed by atoms with Crippen LogP contribution in [0.2, 0.25) is 0 Å². The Hall–Kier alpha value is -3.58. The number of nitrogens with one attached hydrogen (secondary N) is 1. The van der Waals surface area contributed by atoms with E-state index in [0.29, 0.717) is 31.9 Å². The molecule has 3 aromatic carbocycles. The number of phenols is 1. The molecule has 0 aliphatic carbocycles. The first-order valence-corrected chi connectivity index (χ1v) is 10.4. The molecular weight excluding hydrogens is 526 g/mol. The smallest absolute Gasteiger partial charge is 0.266 e. The predicted molar refractivity (Wildman–Crippen MR) is 127 cm³/mol. The highest BCUT2D eigenvalue weighted by molar-refractivity contribution is 14.1. The number of hydrogen-bond acceptors (Lipinski definition) is 5. The molecule has 0 aliphatic heterocycles. The highest BCUT2D eigenvalue weighted by Crippen LogP contribution is 2.35. The molecule has 6 nitrogen and oxygen atoms in total. The van der Waals surface area contributed by atoms with Crippen molar-refractivity contribution < 1.29 is 23.8 Å². The Labute approximate surface area is 198 Å². The van der Waals surface area contributed by atoms with Gasteiger partial charge in [-0.3, -0.25) is 4.79 Å². The number of carbonyl (C=O) groups excluding carboxylic acids is 1. The molecular formula is C24H18FIN2O4. The van der Waals surface area contributed by atoms with E-state index in [1.54, 1.807) is 24.3 Å². The summed E-state index contributed by atoms with van der Waals surface area (Å²) in [6, 6.07) is 17.3. The Balaban J connectivity index is 1.81. The van der Waals surface area contributed by atoms with E-state index < -0.39 is 5.91 Å². The number of nitrogens with zero attached hydrogens (tertiary/aromatic N) is 1. The van der Waals surface area contributed by atoms with E-state index in [4.69, 9.17) is 9.47 Å². The van der Waals surface area contributed by atoms with Crippen LogP contribution in [0.5, 0.6) is 17.2 Å². The number of amides is 1. The third kappa shape index (κ3) is 5.98. The van der Waals surface area contributed by atoms with E-state index in [9.17, 15) is 19.6 Å². The Morgan fingerprint density at radius 1 is 1.22 bits per heavy atom. The molecule has 0 bridgehead atoms. The molecule has 0 aromatic heterocycles. The van der Waals surface area contributed by atoms with Gasteiger partial charge >= 0.3 is 0 Å². The molecule has 3 rings (SSSR count). The number of halogens is 2. The molecule has 1 amide bonds. The van der Waals surface area contributed by atoms with Crippen LogP contribution >= 0.6 is 22.6 Å². The van der Waals surface area contributed by atoms with Crippen molar-refractivity contribution in [3.63, 3.8) is 0 Å². The van der Waals surface area contributed by atoms with Gasteiger partial charge in [-0.15, -0.1) is 0 Å². The zero-order chi connectivity index (χ0) is 23.1. The van der Waals surface area contributed by atoms with Gasteiger partial charge in [0.1, 0.15) is 29.8 Å². The summed E-state index contributed by atoms with van der Waals surface area (Å²) in [6.07, 6.45) is 1.44. The first-order chi connectivity index (χ1) is 15.4. The molecule has 0 saturated heterocycles. The van der Waals surface area contributed by atoms with E-state index in [0.717, 1.165) is 0 Å². The minimum Gasteiger partial charge on any atom is -0.508 e. The first kappa shape index (κ1) is 23.1. The van der Waals surface area contributed by atoms with E-state index in [2.05, 4.69) is 27.9 Å². The Kier molecular flexibility index (Phi) is 7.68. The molecule has 8 heteroatoms. The van der Waals surface area contributed by atoms with Crippen LogP contribution in [0.15, 0.2) is 66.2 Å². The van der Waals surface area contributed by atoms with Crippen molar-refractivity contribution in [2.24, 2.45) is 0 Å². The van der Waals surface area contributed by atoms with E-state index in [1.807, 2.05) is 6.07 Å². The van der Waals surface area contributed by atoms with Crippen LogP contribution in [-0.2, 0) is 11.4 Å². The van der Waals surface area contributed by atoms with Crippen molar-refractivity contribution in [1.29, 1.82) is 5.26 Å². The van der Waals surface area contributed by atoms with Crippen molar-refractivity contribution in [2.75, 3.05) is 12.4 Å². The minimum atomic E-state index is -0.585. The maximum absolute atomic E-state index is 13.4. The van der Waals surface area contributed by atoms with E-state index in [-0.39, 0.29) is 23.7 Å². The summed E-state index contributed by atoms with van der Waals surface area (Å²) < 4.78 is 25.3. The van der Waals surface area contributed by atoms with Crippen LogP contribution in [0.1, 0.15) is 11.1 Å². The molecule has 3 aromatic rings. The van der Waals surface area contributed by atoms with Crippen LogP contribution in [0.4, 0.5) is 10.1 Å². The Morgan fingerprint density at radius 2 is 1.97 bits per heavy atom. The van der Waals surface area contributed by atoms with Gasteiger partial charge in [0.05, 0.1) is 10.7 Å². The van der Waals surface area contributed by atoms with Gasteiger partial charge in [0.25, 0.3) is 5.91 Å². The maximum Gasteiger partial charge on any atom is 0.266 e. The standard InChI is InChI=1S/C24H18FIN2O4/c1-31-22-12-16(9-17(13-27)24(30)28-19-5-7-20(29)8-6-19)11-21(26)23(22)32-14-15-3-2-4-18(25)10-15/h2-12,29H,14H2,1H3,(H,28,30)/b17-9+. The van der Waals surface area contributed by atoms with Gasteiger partial charge < -0.3 is 19.9 Å². The largest absolute Gasteiger partial charge is 0.508 e.